The van der Waals surface area contributed by atoms with Crippen LogP contribution < -0.4 is 15.4 Å². The Balaban J connectivity index is 2.43. The van der Waals surface area contributed by atoms with Gasteiger partial charge in [-0.2, -0.15) is 12.6 Å². The molecule has 0 aliphatic carbocycles. The van der Waals surface area contributed by atoms with Gasteiger partial charge in [0.25, 0.3) is 5.91 Å². The van der Waals surface area contributed by atoms with E-state index in [1.165, 1.54) is 4.90 Å². The molecule has 0 aliphatic rings. The van der Waals surface area contributed by atoms with Gasteiger partial charge in [0.05, 0.1) is 13.7 Å². The second-order valence-corrected chi connectivity index (χ2v) is 9.48. The minimum atomic E-state index is -1.09. The zero-order chi connectivity index (χ0) is 26.9. The molecule has 2 aromatic rings. The second kappa shape index (κ2) is 13.2. The molecular formula is C26H35N3O6S. The monoisotopic (exact) mass is 517 g/mol. The number of hydrogen-bond acceptors (Lipinski definition) is 7. The van der Waals surface area contributed by atoms with Gasteiger partial charge in [0, 0.05) is 18.0 Å². The van der Waals surface area contributed by atoms with E-state index in [4.69, 9.17) is 9.47 Å². The Hall–Kier alpha value is -3.24. The zero-order valence-corrected chi connectivity index (χ0v) is 22.2. The highest BCUT2D eigenvalue weighted by Crippen LogP contribution is 2.27. The van der Waals surface area contributed by atoms with Crippen molar-refractivity contribution in [3.05, 3.63) is 59.7 Å². The third-order valence-electron chi connectivity index (χ3n) is 5.20. The number of aryl methyl sites for hydroxylation is 1. The van der Waals surface area contributed by atoms with E-state index >= 15 is 0 Å². The SMILES string of the molecule is COc1ccc(NC(=O)C(c2ccccc2C)N(CCO)C(=O)C(CS)NC(=O)OC(C)(C)C)cc1. The van der Waals surface area contributed by atoms with Crippen LogP contribution in [0.2, 0.25) is 0 Å². The van der Waals surface area contributed by atoms with Crippen LogP contribution >= 0.6 is 12.6 Å². The highest BCUT2D eigenvalue weighted by Gasteiger charge is 2.36. The van der Waals surface area contributed by atoms with Crippen molar-refractivity contribution in [2.45, 2.75) is 45.4 Å². The van der Waals surface area contributed by atoms with Crippen LogP contribution in [-0.4, -0.2) is 65.6 Å². The minimum absolute atomic E-state index is 0.0411. The Morgan fingerprint density at radius 1 is 1.08 bits per heavy atom. The van der Waals surface area contributed by atoms with Crippen molar-refractivity contribution in [3.8, 4) is 5.75 Å². The number of benzene rings is 2. The average Bonchev–Trinajstić information content (AvgIpc) is 2.82. The fourth-order valence-corrected chi connectivity index (χ4v) is 3.79. The van der Waals surface area contributed by atoms with E-state index in [-0.39, 0.29) is 12.3 Å². The molecule has 0 aromatic heterocycles. The standard InChI is InChI=1S/C26H35N3O6S/c1-17-8-6-7-9-20(17)22(23(31)27-18-10-12-19(34-5)13-11-18)29(14-15-30)24(32)21(16-36)28-25(33)35-26(2,3)4/h6-13,21-22,30,36H,14-16H2,1-5H3,(H,27,31)(H,28,33). The van der Waals surface area contributed by atoms with Crippen molar-refractivity contribution in [2.75, 3.05) is 31.3 Å². The first-order valence-electron chi connectivity index (χ1n) is 11.5. The summed E-state index contributed by atoms with van der Waals surface area (Å²) in [5.74, 6) is -0.472. The quantitative estimate of drug-likeness (QED) is 0.359. The van der Waals surface area contributed by atoms with Crippen LogP contribution in [0.4, 0.5) is 10.5 Å². The van der Waals surface area contributed by atoms with E-state index in [0.29, 0.717) is 17.0 Å². The number of carbonyl (C=O) groups excluding carboxylic acids is 3. The Morgan fingerprint density at radius 2 is 1.72 bits per heavy atom. The van der Waals surface area contributed by atoms with Crippen LogP contribution in [-0.2, 0) is 14.3 Å². The third kappa shape index (κ3) is 8.17. The fourth-order valence-electron chi connectivity index (χ4n) is 3.54. The zero-order valence-electron chi connectivity index (χ0n) is 21.3. The average molecular weight is 518 g/mol. The lowest BCUT2D eigenvalue weighted by Gasteiger charge is -2.34. The number of aliphatic hydroxyl groups is 1. The first-order chi connectivity index (χ1) is 17.0. The largest absolute Gasteiger partial charge is 0.497 e. The van der Waals surface area contributed by atoms with Gasteiger partial charge in [0.1, 0.15) is 23.4 Å². The lowest BCUT2D eigenvalue weighted by atomic mass is 9.98. The van der Waals surface area contributed by atoms with E-state index in [1.807, 2.05) is 19.1 Å². The number of nitrogens with one attached hydrogen (secondary N) is 2. The predicted molar refractivity (Wildman–Crippen MR) is 141 cm³/mol. The summed E-state index contributed by atoms with van der Waals surface area (Å²) in [6.45, 7) is 6.42. The molecule has 2 aromatic carbocycles. The maximum atomic E-state index is 13.6. The highest BCUT2D eigenvalue weighted by atomic mass is 32.1. The molecular weight excluding hydrogens is 482 g/mol. The molecule has 0 aliphatic heterocycles. The van der Waals surface area contributed by atoms with Gasteiger partial charge in [-0.25, -0.2) is 4.79 Å². The van der Waals surface area contributed by atoms with Crippen LogP contribution in [0, 0.1) is 6.92 Å². The molecule has 2 atom stereocenters. The van der Waals surface area contributed by atoms with Gasteiger partial charge in [-0.05, 0) is 63.1 Å². The Labute approximate surface area is 217 Å². The van der Waals surface area contributed by atoms with Crippen molar-refractivity contribution >= 4 is 36.2 Å². The maximum Gasteiger partial charge on any atom is 0.408 e. The van der Waals surface area contributed by atoms with Crippen molar-refractivity contribution < 1.29 is 29.0 Å². The molecule has 196 valence electrons. The molecule has 36 heavy (non-hydrogen) atoms. The van der Waals surface area contributed by atoms with Crippen LogP contribution in [0.1, 0.15) is 37.9 Å². The summed E-state index contributed by atoms with van der Waals surface area (Å²) >= 11 is 4.24. The molecule has 2 unspecified atom stereocenters. The Bertz CT molecular complexity index is 1040. The number of methoxy groups -OCH3 is 1. The molecule has 0 radical (unpaired) electrons. The topological polar surface area (TPSA) is 117 Å². The molecule has 0 bridgehead atoms. The summed E-state index contributed by atoms with van der Waals surface area (Å²) in [6, 6.07) is 11.8. The molecule has 2 rings (SSSR count). The number of hydrogen-bond donors (Lipinski definition) is 4. The van der Waals surface area contributed by atoms with E-state index in [1.54, 1.807) is 64.3 Å². The number of amides is 3. The third-order valence-corrected chi connectivity index (χ3v) is 5.56. The molecule has 0 saturated heterocycles. The smallest absolute Gasteiger partial charge is 0.408 e. The first kappa shape index (κ1) is 29.0. The van der Waals surface area contributed by atoms with Crippen molar-refractivity contribution in [3.63, 3.8) is 0 Å². The van der Waals surface area contributed by atoms with Crippen molar-refractivity contribution in [1.82, 2.24) is 10.2 Å². The van der Waals surface area contributed by atoms with E-state index in [2.05, 4.69) is 23.3 Å². The summed E-state index contributed by atoms with van der Waals surface area (Å²) in [6.07, 6.45) is -0.783. The lowest BCUT2D eigenvalue weighted by Crippen LogP contribution is -2.54. The van der Waals surface area contributed by atoms with Gasteiger partial charge in [-0.15, -0.1) is 0 Å². The fraction of sp³-hybridized carbons (Fsp3) is 0.423. The molecule has 0 fully saturated rings. The van der Waals surface area contributed by atoms with E-state index < -0.39 is 42.2 Å². The number of carbonyl (C=O) groups is 3. The summed E-state index contributed by atoms with van der Waals surface area (Å²) in [4.78, 5) is 40.9. The molecule has 10 heteroatoms. The number of aliphatic hydroxyl groups excluding tert-OH is 1. The first-order valence-corrected chi connectivity index (χ1v) is 12.2. The number of ether oxygens (including phenoxy) is 2. The van der Waals surface area contributed by atoms with Gasteiger partial charge < -0.3 is 30.1 Å². The van der Waals surface area contributed by atoms with Gasteiger partial charge in [0.15, 0.2) is 0 Å². The summed E-state index contributed by atoms with van der Waals surface area (Å²) in [7, 11) is 1.54. The van der Waals surface area contributed by atoms with E-state index in [9.17, 15) is 19.5 Å². The van der Waals surface area contributed by atoms with Crippen LogP contribution in [0.3, 0.4) is 0 Å². The van der Waals surface area contributed by atoms with Crippen LogP contribution in [0.5, 0.6) is 5.75 Å². The minimum Gasteiger partial charge on any atom is -0.497 e. The number of alkyl carbamates (subject to hydrolysis) is 1. The molecule has 0 spiro atoms. The number of rotatable bonds is 10. The van der Waals surface area contributed by atoms with Crippen molar-refractivity contribution in [1.29, 1.82) is 0 Å². The molecule has 0 saturated carbocycles. The number of anilines is 1. The maximum absolute atomic E-state index is 13.6. The summed E-state index contributed by atoms with van der Waals surface area (Å²) in [5, 5.41) is 15.2. The van der Waals surface area contributed by atoms with Crippen molar-refractivity contribution in [2.24, 2.45) is 0 Å². The highest BCUT2D eigenvalue weighted by molar-refractivity contribution is 7.80. The summed E-state index contributed by atoms with van der Waals surface area (Å²) in [5.41, 5.74) is 1.11. The van der Waals surface area contributed by atoms with Gasteiger partial charge in [-0.3, -0.25) is 9.59 Å². The Kier molecular flexibility index (Phi) is 10.6. The van der Waals surface area contributed by atoms with Gasteiger partial charge in [0.2, 0.25) is 5.91 Å². The Morgan fingerprint density at radius 3 is 2.25 bits per heavy atom. The molecule has 3 N–H and O–H groups in total. The van der Waals surface area contributed by atoms with Crippen LogP contribution in [0.25, 0.3) is 0 Å². The van der Waals surface area contributed by atoms with Gasteiger partial charge >= 0.3 is 6.09 Å². The number of thiol groups is 1. The molecule has 9 nitrogen and oxygen atoms in total. The van der Waals surface area contributed by atoms with Gasteiger partial charge in [-0.1, -0.05) is 24.3 Å². The predicted octanol–water partition coefficient (Wildman–Crippen LogP) is 3.33. The number of nitrogens with zero attached hydrogens (tertiary/aromatic N) is 1. The molecule has 3 amide bonds. The normalized spacial score (nSPS) is 12.8. The lowest BCUT2D eigenvalue weighted by molar-refractivity contribution is -0.140. The summed E-state index contributed by atoms with van der Waals surface area (Å²) < 4.78 is 10.4. The van der Waals surface area contributed by atoms with E-state index in [0.717, 1.165) is 5.56 Å². The van der Waals surface area contributed by atoms with Crippen LogP contribution in [0.15, 0.2) is 48.5 Å². The molecule has 0 heterocycles. The second-order valence-electron chi connectivity index (χ2n) is 9.11.